The van der Waals surface area contributed by atoms with Gasteiger partial charge in [-0.25, -0.2) is 8.78 Å². The van der Waals surface area contributed by atoms with Crippen LogP contribution >= 0.6 is 0 Å². The summed E-state index contributed by atoms with van der Waals surface area (Å²) in [5, 5.41) is 8.87. The highest BCUT2D eigenvalue weighted by Gasteiger charge is 2.36. The Morgan fingerprint density at radius 3 is 2.60 bits per heavy atom. The lowest BCUT2D eigenvalue weighted by Gasteiger charge is -2.42. The molecule has 0 amide bonds. The molecule has 0 heterocycles. The summed E-state index contributed by atoms with van der Waals surface area (Å²) >= 11 is 0. The second-order valence-corrected chi connectivity index (χ2v) is 7.63. The Labute approximate surface area is 154 Å². The number of benzene rings is 1. The number of hydrogen-bond acceptors (Lipinski definition) is 1. The van der Waals surface area contributed by atoms with E-state index in [1.165, 1.54) is 31.8 Å². The largest absolute Gasteiger partial charge is 0.205 e. The van der Waals surface area contributed by atoms with Crippen molar-refractivity contribution < 1.29 is 12.9 Å². The standard InChI is InChI=1S/C22H29F2N/c1-2-3-4-5-15-6-7-17-11-18(9-8-16(17)10-15)19-12-21(23)20(14-25)22(24)13-19/h12-13,15-18H,2-11H2,1H3/i9D,11D2. The third kappa shape index (κ3) is 4.22. The van der Waals surface area contributed by atoms with Gasteiger partial charge >= 0.3 is 0 Å². The quantitative estimate of drug-likeness (QED) is 0.542. The molecule has 25 heavy (non-hydrogen) atoms. The van der Waals surface area contributed by atoms with E-state index in [9.17, 15) is 8.78 Å². The van der Waals surface area contributed by atoms with Gasteiger partial charge in [0.05, 0.1) is 0 Å². The summed E-state index contributed by atoms with van der Waals surface area (Å²) < 4.78 is 54.4. The molecule has 0 saturated heterocycles. The molecule has 0 radical (unpaired) electrons. The molecule has 2 fully saturated rings. The molecule has 3 heteroatoms. The molecule has 1 aromatic rings. The van der Waals surface area contributed by atoms with Crippen LogP contribution in [0.2, 0.25) is 0 Å². The van der Waals surface area contributed by atoms with E-state index in [-0.39, 0.29) is 17.4 Å². The maximum Gasteiger partial charge on any atom is 0.144 e. The second kappa shape index (κ2) is 8.30. The van der Waals surface area contributed by atoms with Crippen molar-refractivity contribution in [3.8, 4) is 6.07 Å². The van der Waals surface area contributed by atoms with E-state index in [0.29, 0.717) is 12.3 Å². The lowest BCUT2D eigenvalue weighted by molar-refractivity contribution is 0.113. The number of nitriles is 1. The topological polar surface area (TPSA) is 23.8 Å². The molecule has 5 atom stereocenters. The van der Waals surface area contributed by atoms with Gasteiger partial charge in [0.1, 0.15) is 23.3 Å². The minimum absolute atomic E-state index is 0.169. The Morgan fingerprint density at radius 1 is 1.16 bits per heavy atom. The number of rotatable bonds is 5. The van der Waals surface area contributed by atoms with Gasteiger partial charge in [-0.05, 0) is 73.4 Å². The molecule has 0 bridgehead atoms. The van der Waals surface area contributed by atoms with Crippen LogP contribution in [0.25, 0.3) is 0 Å². The van der Waals surface area contributed by atoms with Gasteiger partial charge in [0, 0.05) is 4.11 Å². The minimum atomic E-state index is -1.68. The summed E-state index contributed by atoms with van der Waals surface area (Å²) in [7, 11) is 0. The number of halogens is 2. The van der Waals surface area contributed by atoms with Crippen molar-refractivity contribution in [2.75, 3.05) is 0 Å². The molecule has 0 N–H and O–H groups in total. The average Bonchev–Trinajstić information content (AvgIpc) is 2.61. The van der Waals surface area contributed by atoms with Gasteiger partial charge in [-0.15, -0.1) is 0 Å². The smallest absolute Gasteiger partial charge is 0.144 e. The maximum absolute atomic E-state index is 14.1. The van der Waals surface area contributed by atoms with Crippen LogP contribution in [0.15, 0.2) is 12.1 Å². The van der Waals surface area contributed by atoms with Crippen LogP contribution < -0.4 is 0 Å². The zero-order chi connectivity index (χ0) is 20.5. The molecule has 2 aliphatic carbocycles. The first-order valence-electron chi connectivity index (χ1n) is 11.2. The van der Waals surface area contributed by atoms with E-state index >= 15 is 0 Å². The Hall–Kier alpha value is -1.43. The molecule has 0 aliphatic heterocycles. The van der Waals surface area contributed by atoms with Crippen LogP contribution in [0.3, 0.4) is 0 Å². The van der Waals surface area contributed by atoms with Gasteiger partial charge < -0.3 is 0 Å². The van der Waals surface area contributed by atoms with Crippen molar-refractivity contribution in [1.29, 1.82) is 5.26 Å². The fourth-order valence-electron chi connectivity index (χ4n) is 4.51. The Balaban J connectivity index is 1.82. The van der Waals surface area contributed by atoms with Crippen LogP contribution in [0.1, 0.15) is 92.2 Å². The van der Waals surface area contributed by atoms with E-state index < -0.39 is 35.9 Å². The first kappa shape index (κ1) is 14.7. The first-order chi connectivity index (χ1) is 13.3. The van der Waals surface area contributed by atoms with E-state index in [0.717, 1.165) is 31.4 Å². The average molecular weight is 348 g/mol. The fraction of sp³-hybridized carbons (Fsp3) is 0.682. The zero-order valence-corrected chi connectivity index (χ0v) is 14.9. The van der Waals surface area contributed by atoms with Gasteiger partial charge in [0.2, 0.25) is 0 Å². The second-order valence-electron chi connectivity index (χ2n) is 7.63. The zero-order valence-electron chi connectivity index (χ0n) is 17.9. The van der Waals surface area contributed by atoms with Crippen molar-refractivity contribution in [3.05, 3.63) is 34.9 Å². The third-order valence-corrected chi connectivity index (χ3v) is 5.91. The van der Waals surface area contributed by atoms with Gasteiger partial charge in [0.25, 0.3) is 0 Å². The highest BCUT2D eigenvalue weighted by Crippen LogP contribution is 2.48. The van der Waals surface area contributed by atoms with Gasteiger partial charge in [-0.1, -0.05) is 39.0 Å². The minimum Gasteiger partial charge on any atom is -0.205 e. The molecule has 0 aromatic heterocycles. The number of fused-ring (bicyclic) bond motifs is 1. The molecule has 3 rings (SSSR count). The Kier molecular flexibility index (Phi) is 4.88. The predicted octanol–water partition coefficient (Wildman–Crippen LogP) is 6.72. The van der Waals surface area contributed by atoms with Crippen LogP contribution in [-0.2, 0) is 0 Å². The molecule has 2 saturated carbocycles. The van der Waals surface area contributed by atoms with Crippen LogP contribution in [0.4, 0.5) is 8.78 Å². The van der Waals surface area contributed by atoms with Crippen LogP contribution in [-0.4, -0.2) is 0 Å². The molecule has 2 aliphatic rings. The fourth-order valence-corrected chi connectivity index (χ4v) is 4.51. The summed E-state index contributed by atoms with van der Waals surface area (Å²) in [5.74, 6) is -2.21. The van der Waals surface area contributed by atoms with Gasteiger partial charge in [-0.2, -0.15) is 5.26 Å². The van der Waals surface area contributed by atoms with E-state index in [1.807, 2.05) is 0 Å². The van der Waals surface area contributed by atoms with Crippen LogP contribution in [0.5, 0.6) is 0 Å². The highest BCUT2D eigenvalue weighted by atomic mass is 19.1. The van der Waals surface area contributed by atoms with E-state index in [1.54, 1.807) is 0 Å². The van der Waals surface area contributed by atoms with E-state index in [4.69, 9.17) is 9.37 Å². The van der Waals surface area contributed by atoms with Crippen molar-refractivity contribution >= 4 is 0 Å². The summed E-state index contributed by atoms with van der Waals surface area (Å²) in [4.78, 5) is 0. The molecule has 136 valence electrons. The summed E-state index contributed by atoms with van der Waals surface area (Å²) in [6, 6.07) is 3.62. The van der Waals surface area contributed by atoms with Crippen molar-refractivity contribution in [2.45, 2.75) is 77.0 Å². The van der Waals surface area contributed by atoms with E-state index in [2.05, 4.69) is 6.92 Å². The summed E-state index contributed by atoms with van der Waals surface area (Å²) in [6.45, 7) is 2.19. The first-order valence-corrected chi connectivity index (χ1v) is 9.60. The Bertz CT molecular complexity index is 723. The molecular formula is C22H29F2N. The highest BCUT2D eigenvalue weighted by molar-refractivity contribution is 5.36. The monoisotopic (exact) mass is 348 g/mol. The molecule has 1 nitrogen and oxygen atoms in total. The van der Waals surface area contributed by atoms with Crippen molar-refractivity contribution in [1.82, 2.24) is 0 Å². The lowest BCUT2D eigenvalue weighted by Crippen LogP contribution is -2.30. The number of nitrogens with zero attached hydrogens (tertiary/aromatic N) is 1. The van der Waals surface area contributed by atoms with Gasteiger partial charge in [-0.3, -0.25) is 0 Å². The van der Waals surface area contributed by atoms with Gasteiger partial charge in [0.15, 0.2) is 0 Å². The number of unbranched alkanes of at least 4 members (excludes halogenated alkanes) is 2. The van der Waals surface area contributed by atoms with Crippen molar-refractivity contribution in [3.63, 3.8) is 0 Å². The molecular weight excluding hydrogens is 316 g/mol. The maximum atomic E-state index is 14.1. The van der Waals surface area contributed by atoms with Crippen molar-refractivity contribution in [2.24, 2.45) is 17.8 Å². The lowest BCUT2D eigenvalue weighted by atomic mass is 9.63. The third-order valence-electron chi connectivity index (χ3n) is 5.91. The summed E-state index contributed by atoms with van der Waals surface area (Å²) in [6.07, 6.45) is 5.69. The Morgan fingerprint density at radius 2 is 1.92 bits per heavy atom. The van der Waals surface area contributed by atoms with Crippen LogP contribution in [0, 0.1) is 40.7 Å². The molecule has 0 spiro atoms. The predicted molar refractivity (Wildman–Crippen MR) is 96.1 cm³/mol. The normalized spacial score (nSPS) is 35.8. The number of hydrogen-bond donors (Lipinski definition) is 0. The molecule has 5 unspecified atom stereocenters. The molecule has 1 aromatic carbocycles. The summed E-state index contributed by atoms with van der Waals surface area (Å²) in [5.41, 5.74) is -0.477. The SMILES string of the molecule is [2H]C1CC2CC(CCCCC)CCC2C([2H])([2H])C1c1cc(F)c(C#N)c(F)c1.